The third-order valence-corrected chi connectivity index (χ3v) is 6.23. The first-order chi connectivity index (χ1) is 16.2. The molecular weight excluding hydrogens is 460 g/mol. The van der Waals surface area contributed by atoms with Gasteiger partial charge >= 0.3 is 5.97 Å². The first kappa shape index (κ1) is 24.5. The molecule has 1 heterocycles. The average molecular weight is 483 g/mol. The van der Waals surface area contributed by atoms with E-state index in [1.165, 1.54) is 67.7 Å². The monoisotopic (exact) mass is 482 g/mol. The van der Waals surface area contributed by atoms with Crippen LogP contribution in [0.3, 0.4) is 0 Å². The molecule has 2 aromatic carbocycles. The molecule has 0 saturated heterocycles. The van der Waals surface area contributed by atoms with E-state index in [4.69, 9.17) is 4.74 Å². The molecule has 0 spiro atoms. The Morgan fingerprint density at radius 2 is 1.68 bits per heavy atom. The molecular formula is C23H22N4O6S. The van der Waals surface area contributed by atoms with Crippen LogP contribution in [0, 0.1) is 0 Å². The Morgan fingerprint density at radius 1 is 1.00 bits per heavy atom. The summed E-state index contributed by atoms with van der Waals surface area (Å²) in [6, 6.07) is 14.9. The number of benzene rings is 2. The number of nitrogens with zero attached hydrogens (tertiary/aromatic N) is 4. The molecule has 0 saturated carbocycles. The van der Waals surface area contributed by atoms with Crippen LogP contribution in [0.1, 0.15) is 16.1 Å². The number of esters is 1. The molecule has 10 nitrogen and oxygen atoms in total. The number of phenols is 1. The normalized spacial score (nSPS) is 11.4. The topological polar surface area (TPSA) is 139 Å². The van der Waals surface area contributed by atoms with Crippen molar-refractivity contribution in [1.29, 1.82) is 0 Å². The van der Waals surface area contributed by atoms with E-state index in [-0.39, 0.29) is 27.6 Å². The van der Waals surface area contributed by atoms with Gasteiger partial charge in [0.15, 0.2) is 16.4 Å². The third-order valence-electron chi connectivity index (χ3n) is 4.57. The second-order valence-corrected chi connectivity index (χ2v) is 9.33. The fourth-order valence-corrected chi connectivity index (χ4v) is 3.96. The van der Waals surface area contributed by atoms with Gasteiger partial charge in [-0.15, -0.1) is 0 Å². The largest absolute Gasteiger partial charge is 0.507 e. The molecule has 34 heavy (non-hydrogen) atoms. The van der Waals surface area contributed by atoms with Crippen molar-refractivity contribution in [3.8, 4) is 5.75 Å². The van der Waals surface area contributed by atoms with Crippen LogP contribution in [0.2, 0.25) is 0 Å². The summed E-state index contributed by atoms with van der Waals surface area (Å²) in [5.41, 5.74) is 0.902. The number of azo groups is 1. The lowest BCUT2D eigenvalue weighted by Gasteiger charge is -2.11. The lowest BCUT2D eigenvalue weighted by atomic mass is 10.2. The number of sulfone groups is 1. The van der Waals surface area contributed by atoms with Gasteiger partial charge in [0.1, 0.15) is 11.3 Å². The summed E-state index contributed by atoms with van der Waals surface area (Å²) in [7, 11) is -0.525. The number of hydrogen-bond acceptors (Lipinski definition) is 9. The summed E-state index contributed by atoms with van der Waals surface area (Å²) in [6.45, 7) is -0.466. The van der Waals surface area contributed by atoms with Crippen LogP contribution in [0.4, 0.5) is 11.4 Å². The van der Waals surface area contributed by atoms with E-state index >= 15 is 0 Å². The van der Waals surface area contributed by atoms with E-state index in [0.717, 1.165) is 0 Å². The van der Waals surface area contributed by atoms with Crippen LogP contribution in [0.5, 0.6) is 5.75 Å². The number of amides is 1. The SMILES string of the molecule is CN(C)C(=O)COC(=O)c1cc(N=Nc2ccc(S(=O)(=O)Cc3ccccn3)cc2)ccc1O. The average Bonchev–Trinajstić information content (AvgIpc) is 2.82. The molecule has 0 bridgehead atoms. The van der Waals surface area contributed by atoms with Gasteiger partial charge < -0.3 is 14.7 Å². The lowest BCUT2D eigenvalue weighted by molar-refractivity contribution is -0.131. The number of hydrogen-bond donors (Lipinski definition) is 1. The number of pyridine rings is 1. The van der Waals surface area contributed by atoms with E-state index in [2.05, 4.69) is 15.2 Å². The summed E-state index contributed by atoms with van der Waals surface area (Å²) in [5, 5.41) is 18.0. The van der Waals surface area contributed by atoms with Gasteiger partial charge in [-0.3, -0.25) is 9.78 Å². The Balaban J connectivity index is 1.70. The molecule has 1 N–H and O–H groups in total. The Hall–Kier alpha value is -4.12. The first-order valence-electron chi connectivity index (χ1n) is 10.0. The molecule has 176 valence electrons. The number of likely N-dealkylation sites (N-methyl/N-ethyl adjacent to an activating group) is 1. The van der Waals surface area contributed by atoms with Crippen molar-refractivity contribution in [3.63, 3.8) is 0 Å². The zero-order valence-electron chi connectivity index (χ0n) is 18.5. The van der Waals surface area contributed by atoms with Crippen LogP contribution in [0.15, 0.2) is 82.0 Å². The van der Waals surface area contributed by atoms with Crippen molar-refractivity contribution in [2.75, 3.05) is 20.7 Å². The first-order valence-corrected chi connectivity index (χ1v) is 11.7. The maximum absolute atomic E-state index is 12.6. The highest BCUT2D eigenvalue weighted by Gasteiger charge is 2.17. The molecule has 0 atom stereocenters. The third kappa shape index (κ3) is 6.45. The Morgan fingerprint density at radius 3 is 2.32 bits per heavy atom. The highest BCUT2D eigenvalue weighted by atomic mass is 32.2. The number of phenolic OH excluding ortho intramolecular Hbond substituents is 1. The van der Waals surface area contributed by atoms with Gasteiger partial charge in [-0.05, 0) is 54.6 Å². The fraction of sp³-hybridized carbons (Fsp3) is 0.174. The minimum Gasteiger partial charge on any atom is -0.507 e. The maximum Gasteiger partial charge on any atom is 0.342 e. The van der Waals surface area contributed by atoms with Gasteiger partial charge in [-0.1, -0.05) is 6.07 Å². The minimum atomic E-state index is -3.58. The molecule has 11 heteroatoms. The Labute approximate surface area is 196 Å². The summed E-state index contributed by atoms with van der Waals surface area (Å²) >= 11 is 0. The molecule has 0 unspecified atom stereocenters. The van der Waals surface area contributed by atoms with Gasteiger partial charge in [0, 0.05) is 20.3 Å². The molecule has 0 aliphatic carbocycles. The number of ether oxygens (including phenoxy) is 1. The molecule has 0 aliphatic rings. The molecule has 3 aromatic rings. The Bertz CT molecular complexity index is 1310. The van der Waals surface area contributed by atoms with E-state index in [9.17, 15) is 23.1 Å². The predicted molar refractivity (Wildman–Crippen MR) is 123 cm³/mol. The summed E-state index contributed by atoms with van der Waals surface area (Å²) in [5.74, 6) is -1.84. The van der Waals surface area contributed by atoms with Crippen LogP contribution < -0.4 is 0 Å². The predicted octanol–water partition coefficient (Wildman–Crippen LogP) is 3.42. The van der Waals surface area contributed by atoms with Crippen molar-refractivity contribution in [1.82, 2.24) is 9.88 Å². The number of carbonyl (C=O) groups excluding carboxylic acids is 2. The summed E-state index contributed by atoms with van der Waals surface area (Å²) in [6.07, 6.45) is 1.53. The van der Waals surface area contributed by atoms with Crippen LogP contribution >= 0.6 is 0 Å². The standard InChI is InChI=1S/C23H22N4O6S/c1-27(2)22(29)14-33-23(30)20-13-17(8-11-21(20)28)26-25-16-6-9-19(10-7-16)34(31,32)15-18-5-3-4-12-24-18/h3-13,28H,14-15H2,1-2H3. The van der Waals surface area contributed by atoms with E-state index in [0.29, 0.717) is 11.4 Å². The zero-order valence-corrected chi connectivity index (χ0v) is 19.3. The molecule has 1 amide bonds. The lowest BCUT2D eigenvalue weighted by Crippen LogP contribution is -2.27. The van der Waals surface area contributed by atoms with E-state index in [1.807, 2.05) is 0 Å². The van der Waals surface area contributed by atoms with Crippen LogP contribution in [-0.4, -0.2) is 56.0 Å². The summed E-state index contributed by atoms with van der Waals surface area (Å²) < 4.78 is 30.1. The summed E-state index contributed by atoms with van der Waals surface area (Å²) in [4.78, 5) is 29.2. The van der Waals surface area contributed by atoms with Gasteiger partial charge in [0.25, 0.3) is 5.91 Å². The Kier molecular flexibility index (Phi) is 7.69. The second kappa shape index (κ2) is 10.7. The van der Waals surface area contributed by atoms with Crippen molar-refractivity contribution < 1.29 is 27.9 Å². The number of aromatic nitrogens is 1. The number of rotatable bonds is 8. The fourth-order valence-electron chi connectivity index (χ4n) is 2.68. The van der Waals surface area contributed by atoms with Crippen molar-refractivity contribution in [3.05, 3.63) is 78.1 Å². The highest BCUT2D eigenvalue weighted by Crippen LogP contribution is 2.26. The molecule has 3 rings (SSSR count). The molecule has 0 aliphatic heterocycles. The van der Waals surface area contributed by atoms with E-state index in [1.54, 1.807) is 18.2 Å². The molecule has 0 fully saturated rings. The molecule has 0 radical (unpaired) electrons. The van der Waals surface area contributed by atoms with Crippen molar-refractivity contribution in [2.45, 2.75) is 10.6 Å². The smallest absolute Gasteiger partial charge is 0.342 e. The number of carbonyl (C=O) groups is 2. The van der Waals surface area contributed by atoms with Gasteiger partial charge in [-0.2, -0.15) is 10.2 Å². The van der Waals surface area contributed by atoms with Gasteiger partial charge in [0.05, 0.1) is 27.7 Å². The van der Waals surface area contributed by atoms with Gasteiger partial charge in [0.2, 0.25) is 0 Å². The maximum atomic E-state index is 12.6. The highest BCUT2D eigenvalue weighted by molar-refractivity contribution is 7.90. The van der Waals surface area contributed by atoms with E-state index < -0.39 is 28.3 Å². The number of aromatic hydroxyl groups is 1. The quantitative estimate of drug-likeness (QED) is 0.383. The second-order valence-electron chi connectivity index (χ2n) is 7.34. The van der Waals surface area contributed by atoms with Gasteiger partial charge in [-0.25, -0.2) is 13.2 Å². The minimum absolute atomic E-state index is 0.124. The van der Waals surface area contributed by atoms with Crippen molar-refractivity contribution >= 4 is 33.1 Å². The van der Waals surface area contributed by atoms with Crippen molar-refractivity contribution in [2.24, 2.45) is 10.2 Å². The van der Waals surface area contributed by atoms with Crippen LogP contribution in [0.25, 0.3) is 0 Å². The molecule has 1 aromatic heterocycles. The zero-order chi connectivity index (χ0) is 24.7. The van der Waals surface area contributed by atoms with Crippen LogP contribution in [-0.2, 0) is 25.1 Å².